The molecule has 114 valence electrons. The molecule has 0 spiro atoms. The van der Waals surface area contributed by atoms with Gasteiger partial charge in [0, 0.05) is 29.3 Å². The molecule has 0 amide bonds. The Balaban J connectivity index is 2.82. The van der Waals surface area contributed by atoms with Crippen LogP contribution < -0.4 is 10.2 Å². The molecule has 0 unspecified atom stereocenters. The van der Waals surface area contributed by atoms with Crippen molar-refractivity contribution in [3.05, 3.63) is 28.2 Å². The summed E-state index contributed by atoms with van der Waals surface area (Å²) in [5, 5.41) is 3.45. The molecule has 1 aromatic rings. The van der Waals surface area contributed by atoms with Gasteiger partial charge >= 0.3 is 0 Å². The molecule has 0 aromatic heterocycles. The first kappa shape index (κ1) is 17.5. The van der Waals surface area contributed by atoms with Gasteiger partial charge in [-0.1, -0.05) is 42.8 Å². The molecule has 0 aliphatic rings. The van der Waals surface area contributed by atoms with Crippen molar-refractivity contribution in [1.82, 2.24) is 5.32 Å². The van der Waals surface area contributed by atoms with E-state index in [0.29, 0.717) is 12.0 Å². The van der Waals surface area contributed by atoms with E-state index in [4.69, 9.17) is 0 Å². The van der Waals surface area contributed by atoms with Crippen molar-refractivity contribution in [2.75, 3.05) is 18.0 Å². The van der Waals surface area contributed by atoms with Crippen molar-refractivity contribution in [3.63, 3.8) is 0 Å². The summed E-state index contributed by atoms with van der Waals surface area (Å²) < 4.78 is 1.20. The van der Waals surface area contributed by atoms with E-state index in [-0.39, 0.29) is 0 Å². The van der Waals surface area contributed by atoms with E-state index in [0.717, 1.165) is 19.6 Å². The fraction of sp³-hybridized carbons (Fsp3) is 0.647. The Labute approximate surface area is 133 Å². The standard InChI is InChI=1S/C17H29BrN2/c1-6-9-19-11-15-7-8-16(10-17(15)18)20(14(4)5)12-13(2)3/h7-8,10,13-14,19H,6,9,11-12H2,1-5H3. The monoisotopic (exact) mass is 340 g/mol. The fourth-order valence-corrected chi connectivity index (χ4v) is 2.77. The Bertz CT molecular complexity index is 402. The van der Waals surface area contributed by atoms with Crippen LogP contribution in [0.4, 0.5) is 5.69 Å². The number of hydrogen-bond acceptors (Lipinski definition) is 2. The fourth-order valence-electron chi connectivity index (χ4n) is 2.27. The summed E-state index contributed by atoms with van der Waals surface area (Å²) >= 11 is 3.72. The average molecular weight is 341 g/mol. The summed E-state index contributed by atoms with van der Waals surface area (Å²) in [5.41, 5.74) is 2.63. The van der Waals surface area contributed by atoms with Crippen molar-refractivity contribution < 1.29 is 0 Å². The number of halogens is 1. The Morgan fingerprint density at radius 3 is 2.40 bits per heavy atom. The van der Waals surface area contributed by atoms with Gasteiger partial charge < -0.3 is 10.2 Å². The maximum Gasteiger partial charge on any atom is 0.0380 e. The molecule has 1 aromatic carbocycles. The van der Waals surface area contributed by atoms with Crippen LogP contribution in [0.3, 0.4) is 0 Å². The SMILES string of the molecule is CCCNCc1ccc(N(CC(C)C)C(C)C)cc1Br. The lowest BCUT2D eigenvalue weighted by Gasteiger charge is -2.31. The average Bonchev–Trinajstić information content (AvgIpc) is 2.37. The van der Waals surface area contributed by atoms with Crippen LogP contribution in [-0.2, 0) is 6.54 Å². The topological polar surface area (TPSA) is 15.3 Å². The van der Waals surface area contributed by atoms with Gasteiger partial charge in [-0.25, -0.2) is 0 Å². The molecule has 0 atom stereocenters. The van der Waals surface area contributed by atoms with Crippen molar-refractivity contribution >= 4 is 21.6 Å². The second kappa shape index (κ2) is 8.68. The smallest absolute Gasteiger partial charge is 0.0380 e. The zero-order chi connectivity index (χ0) is 15.1. The van der Waals surface area contributed by atoms with Crippen molar-refractivity contribution in [3.8, 4) is 0 Å². The number of benzene rings is 1. The van der Waals surface area contributed by atoms with Gasteiger partial charge in [0.2, 0.25) is 0 Å². The van der Waals surface area contributed by atoms with Crippen LogP contribution in [0.5, 0.6) is 0 Å². The van der Waals surface area contributed by atoms with Crippen LogP contribution in [-0.4, -0.2) is 19.1 Å². The van der Waals surface area contributed by atoms with Crippen LogP contribution in [0.15, 0.2) is 22.7 Å². The number of hydrogen-bond donors (Lipinski definition) is 1. The quantitative estimate of drug-likeness (QED) is 0.682. The molecule has 0 saturated heterocycles. The van der Waals surface area contributed by atoms with Crippen LogP contribution in [0.25, 0.3) is 0 Å². The van der Waals surface area contributed by atoms with Crippen LogP contribution in [0.2, 0.25) is 0 Å². The molecule has 3 heteroatoms. The first-order chi connectivity index (χ1) is 9.45. The Kier molecular flexibility index (Phi) is 7.60. The molecule has 20 heavy (non-hydrogen) atoms. The van der Waals surface area contributed by atoms with Gasteiger partial charge in [0.05, 0.1) is 0 Å². The molecule has 0 aliphatic heterocycles. The van der Waals surface area contributed by atoms with E-state index < -0.39 is 0 Å². The van der Waals surface area contributed by atoms with Gasteiger partial charge in [0.1, 0.15) is 0 Å². The van der Waals surface area contributed by atoms with Gasteiger partial charge in [-0.2, -0.15) is 0 Å². The van der Waals surface area contributed by atoms with Gasteiger partial charge in [-0.15, -0.1) is 0 Å². The lowest BCUT2D eigenvalue weighted by molar-refractivity contribution is 0.571. The normalized spacial score (nSPS) is 11.4. The molecule has 0 fully saturated rings. The third-order valence-corrected chi connectivity index (χ3v) is 4.03. The zero-order valence-corrected chi connectivity index (χ0v) is 15.1. The Morgan fingerprint density at radius 2 is 1.90 bits per heavy atom. The van der Waals surface area contributed by atoms with Crippen molar-refractivity contribution in [1.29, 1.82) is 0 Å². The third-order valence-electron chi connectivity index (χ3n) is 3.30. The molecule has 0 saturated carbocycles. The van der Waals surface area contributed by atoms with E-state index in [1.54, 1.807) is 0 Å². The summed E-state index contributed by atoms with van der Waals surface area (Å²) in [5.74, 6) is 0.669. The summed E-state index contributed by atoms with van der Waals surface area (Å²) in [4.78, 5) is 2.47. The highest BCUT2D eigenvalue weighted by molar-refractivity contribution is 9.10. The van der Waals surface area contributed by atoms with E-state index in [2.05, 4.69) is 79.0 Å². The van der Waals surface area contributed by atoms with Crippen molar-refractivity contribution in [2.45, 2.75) is 53.6 Å². The molecule has 0 radical (unpaired) electrons. The molecule has 1 rings (SSSR count). The number of anilines is 1. The minimum absolute atomic E-state index is 0.522. The predicted molar refractivity (Wildman–Crippen MR) is 93.5 cm³/mol. The molecule has 0 aliphatic carbocycles. The Morgan fingerprint density at radius 1 is 1.20 bits per heavy atom. The maximum absolute atomic E-state index is 3.72. The molecule has 0 heterocycles. The molecule has 2 nitrogen and oxygen atoms in total. The van der Waals surface area contributed by atoms with Gasteiger partial charge in [-0.3, -0.25) is 0 Å². The van der Waals surface area contributed by atoms with Crippen LogP contribution >= 0.6 is 15.9 Å². The van der Waals surface area contributed by atoms with Gasteiger partial charge in [-0.05, 0) is 50.4 Å². The maximum atomic E-state index is 3.72. The highest BCUT2D eigenvalue weighted by Crippen LogP contribution is 2.26. The van der Waals surface area contributed by atoms with E-state index in [1.165, 1.54) is 22.1 Å². The van der Waals surface area contributed by atoms with E-state index in [9.17, 15) is 0 Å². The molecule has 1 N–H and O–H groups in total. The Hall–Kier alpha value is -0.540. The largest absolute Gasteiger partial charge is 0.369 e. The molecular weight excluding hydrogens is 312 g/mol. The zero-order valence-electron chi connectivity index (χ0n) is 13.5. The second-order valence-electron chi connectivity index (χ2n) is 6.09. The first-order valence-electron chi connectivity index (χ1n) is 7.71. The number of nitrogens with zero attached hydrogens (tertiary/aromatic N) is 1. The first-order valence-corrected chi connectivity index (χ1v) is 8.50. The summed E-state index contributed by atoms with van der Waals surface area (Å²) in [6.07, 6.45) is 1.17. The lowest BCUT2D eigenvalue weighted by Crippen LogP contribution is -2.34. The van der Waals surface area contributed by atoms with E-state index in [1.807, 2.05) is 0 Å². The summed E-state index contributed by atoms with van der Waals surface area (Å²) in [6, 6.07) is 7.26. The van der Waals surface area contributed by atoms with Crippen LogP contribution in [0.1, 0.15) is 46.6 Å². The van der Waals surface area contributed by atoms with Gasteiger partial charge in [0.15, 0.2) is 0 Å². The summed E-state index contributed by atoms with van der Waals surface area (Å²) in [7, 11) is 0. The molecular formula is C17H29BrN2. The number of nitrogens with one attached hydrogen (secondary N) is 1. The van der Waals surface area contributed by atoms with Crippen LogP contribution in [0, 0.1) is 5.92 Å². The summed E-state index contributed by atoms with van der Waals surface area (Å²) in [6.45, 7) is 14.3. The van der Waals surface area contributed by atoms with Crippen molar-refractivity contribution in [2.24, 2.45) is 5.92 Å². The third kappa shape index (κ3) is 5.45. The molecule has 0 bridgehead atoms. The minimum atomic E-state index is 0.522. The lowest BCUT2D eigenvalue weighted by atomic mass is 10.1. The van der Waals surface area contributed by atoms with Gasteiger partial charge in [0.25, 0.3) is 0 Å². The predicted octanol–water partition coefficient (Wildman–Crippen LogP) is 4.82. The highest BCUT2D eigenvalue weighted by Gasteiger charge is 2.13. The minimum Gasteiger partial charge on any atom is -0.369 e. The second-order valence-corrected chi connectivity index (χ2v) is 6.95. The highest BCUT2D eigenvalue weighted by atomic mass is 79.9. The van der Waals surface area contributed by atoms with E-state index >= 15 is 0 Å². The number of rotatable bonds is 8.